The molecule has 0 saturated heterocycles. The zero-order valence-electron chi connectivity index (χ0n) is 11.0. The van der Waals surface area contributed by atoms with Crippen molar-refractivity contribution in [3.05, 3.63) is 41.9 Å². The molecular formula is C14H17F2N3. The quantitative estimate of drug-likeness (QED) is 0.890. The van der Waals surface area contributed by atoms with Gasteiger partial charge in [-0.2, -0.15) is 0 Å². The fourth-order valence-electron chi connectivity index (χ4n) is 1.91. The molecule has 0 spiro atoms. The molecule has 1 aromatic heterocycles. The Balaban J connectivity index is 2.36. The van der Waals surface area contributed by atoms with Gasteiger partial charge >= 0.3 is 0 Å². The van der Waals surface area contributed by atoms with E-state index in [-0.39, 0.29) is 17.5 Å². The van der Waals surface area contributed by atoms with Crippen molar-refractivity contribution in [2.45, 2.75) is 26.3 Å². The molecule has 0 aliphatic rings. The van der Waals surface area contributed by atoms with Crippen LogP contribution >= 0.6 is 0 Å². The molecule has 0 radical (unpaired) electrons. The lowest BCUT2D eigenvalue weighted by atomic mass is 10.00. The van der Waals surface area contributed by atoms with Crippen molar-refractivity contribution in [1.29, 1.82) is 0 Å². The van der Waals surface area contributed by atoms with Gasteiger partial charge in [0.1, 0.15) is 17.5 Å². The predicted octanol–water partition coefficient (Wildman–Crippen LogP) is 3.40. The highest BCUT2D eigenvalue weighted by atomic mass is 19.1. The summed E-state index contributed by atoms with van der Waals surface area (Å²) in [5.74, 6) is -0.448. The van der Waals surface area contributed by atoms with Crippen LogP contribution in [0.4, 0.5) is 8.78 Å². The first kappa shape index (κ1) is 13.7. The summed E-state index contributed by atoms with van der Waals surface area (Å²) in [6.07, 6.45) is 2.32. The predicted molar refractivity (Wildman–Crippen MR) is 70.3 cm³/mol. The second-order valence-electron chi connectivity index (χ2n) is 4.69. The molecular weight excluding hydrogens is 248 g/mol. The summed E-state index contributed by atoms with van der Waals surface area (Å²) < 4.78 is 27.3. The number of hydrogen-bond acceptors (Lipinski definition) is 2. The third-order valence-corrected chi connectivity index (χ3v) is 3.40. The number of benzene rings is 1. The van der Waals surface area contributed by atoms with Crippen molar-refractivity contribution in [3.63, 3.8) is 0 Å². The van der Waals surface area contributed by atoms with Crippen LogP contribution in [0.3, 0.4) is 0 Å². The Hall–Kier alpha value is -1.75. The van der Waals surface area contributed by atoms with E-state index in [0.29, 0.717) is 11.5 Å². The molecule has 0 aliphatic heterocycles. The maximum absolute atomic E-state index is 13.7. The van der Waals surface area contributed by atoms with Gasteiger partial charge in [-0.3, -0.25) is 0 Å². The molecule has 1 heterocycles. The Bertz CT molecular complexity index is 545. The van der Waals surface area contributed by atoms with E-state index in [0.717, 1.165) is 6.42 Å². The van der Waals surface area contributed by atoms with Crippen molar-refractivity contribution >= 4 is 0 Å². The standard InChI is InChI=1S/C14H17F2N3/c1-3-8(2)13(17)14-18-7-11(19-14)12-9(15)5-4-6-10(12)16/h4-8,13H,3,17H2,1-2H3,(H,18,19). The first-order valence-corrected chi connectivity index (χ1v) is 6.29. The lowest BCUT2D eigenvalue weighted by molar-refractivity contribution is 0.441. The minimum atomic E-state index is -0.618. The van der Waals surface area contributed by atoms with Crippen molar-refractivity contribution in [3.8, 4) is 11.3 Å². The van der Waals surface area contributed by atoms with Gasteiger partial charge in [0, 0.05) is 0 Å². The zero-order valence-corrected chi connectivity index (χ0v) is 11.0. The molecule has 2 rings (SSSR count). The van der Waals surface area contributed by atoms with Crippen molar-refractivity contribution in [2.24, 2.45) is 11.7 Å². The molecule has 0 saturated carbocycles. The van der Waals surface area contributed by atoms with Crippen LogP contribution in [0.2, 0.25) is 0 Å². The normalized spacial score (nSPS) is 14.4. The summed E-state index contributed by atoms with van der Waals surface area (Å²) in [4.78, 5) is 7.04. The van der Waals surface area contributed by atoms with Crippen molar-refractivity contribution in [2.75, 3.05) is 0 Å². The van der Waals surface area contributed by atoms with Gasteiger partial charge in [-0.1, -0.05) is 26.3 Å². The minimum Gasteiger partial charge on any atom is -0.341 e. The smallest absolute Gasteiger partial charge is 0.135 e. The molecule has 3 nitrogen and oxygen atoms in total. The number of halogens is 2. The molecule has 19 heavy (non-hydrogen) atoms. The van der Waals surface area contributed by atoms with Crippen LogP contribution in [0.25, 0.3) is 11.3 Å². The number of imidazole rings is 1. The number of nitrogens with two attached hydrogens (primary N) is 1. The molecule has 0 aliphatic carbocycles. The number of aromatic amines is 1. The van der Waals surface area contributed by atoms with E-state index in [1.165, 1.54) is 24.4 Å². The maximum atomic E-state index is 13.7. The Morgan fingerprint density at radius 2 is 1.95 bits per heavy atom. The van der Waals surface area contributed by atoms with Gasteiger partial charge in [-0.05, 0) is 18.1 Å². The Morgan fingerprint density at radius 1 is 1.32 bits per heavy atom. The lowest BCUT2D eigenvalue weighted by Gasteiger charge is -2.15. The van der Waals surface area contributed by atoms with Gasteiger partial charge in [-0.15, -0.1) is 0 Å². The average molecular weight is 265 g/mol. The van der Waals surface area contributed by atoms with E-state index < -0.39 is 11.6 Å². The number of nitrogens with one attached hydrogen (secondary N) is 1. The SMILES string of the molecule is CCC(C)C(N)c1ncc(-c2c(F)cccc2F)[nH]1. The first-order chi connectivity index (χ1) is 9.04. The van der Waals surface area contributed by atoms with E-state index in [2.05, 4.69) is 9.97 Å². The number of rotatable bonds is 4. The van der Waals surface area contributed by atoms with Gasteiger partial charge < -0.3 is 10.7 Å². The molecule has 5 heteroatoms. The molecule has 0 bridgehead atoms. The number of hydrogen-bond donors (Lipinski definition) is 2. The van der Waals surface area contributed by atoms with E-state index in [1.54, 1.807) is 0 Å². The molecule has 102 valence electrons. The molecule has 0 fully saturated rings. The summed E-state index contributed by atoms with van der Waals surface area (Å²) in [6.45, 7) is 4.04. The molecule has 2 aromatic rings. The summed E-state index contributed by atoms with van der Waals surface area (Å²) in [7, 11) is 0. The Labute approximate surface area is 110 Å². The molecule has 0 amide bonds. The fourth-order valence-corrected chi connectivity index (χ4v) is 1.91. The van der Waals surface area contributed by atoms with Crippen molar-refractivity contribution < 1.29 is 8.78 Å². The van der Waals surface area contributed by atoms with Crippen LogP contribution in [0.1, 0.15) is 32.1 Å². The topological polar surface area (TPSA) is 54.7 Å². The number of H-pyrrole nitrogens is 1. The van der Waals surface area contributed by atoms with Crippen LogP contribution in [-0.2, 0) is 0 Å². The third kappa shape index (κ3) is 2.66. The van der Waals surface area contributed by atoms with E-state index in [9.17, 15) is 8.78 Å². The Kier molecular flexibility index (Phi) is 3.95. The molecule has 3 N–H and O–H groups in total. The van der Waals surface area contributed by atoms with Gasteiger partial charge in [0.25, 0.3) is 0 Å². The van der Waals surface area contributed by atoms with Gasteiger partial charge in [0.2, 0.25) is 0 Å². The van der Waals surface area contributed by atoms with Gasteiger partial charge in [-0.25, -0.2) is 13.8 Å². The Morgan fingerprint density at radius 3 is 2.53 bits per heavy atom. The molecule has 2 atom stereocenters. The molecule has 2 unspecified atom stereocenters. The van der Waals surface area contributed by atoms with Crippen LogP contribution < -0.4 is 5.73 Å². The summed E-state index contributed by atoms with van der Waals surface area (Å²) in [5, 5.41) is 0. The first-order valence-electron chi connectivity index (χ1n) is 6.29. The minimum absolute atomic E-state index is 0.0994. The highest BCUT2D eigenvalue weighted by Gasteiger charge is 2.19. The van der Waals surface area contributed by atoms with E-state index >= 15 is 0 Å². The van der Waals surface area contributed by atoms with Crippen LogP contribution in [0, 0.1) is 17.6 Å². The number of nitrogens with zero attached hydrogens (tertiary/aromatic N) is 1. The fraction of sp³-hybridized carbons (Fsp3) is 0.357. The lowest BCUT2D eigenvalue weighted by Crippen LogP contribution is -2.19. The summed E-state index contributed by atoms with van der Waals surface area (Å²) in [6, 6.07) is 3.49. The summed E-state index contributed by atoms with van der Waals surface area (Å²) in [5.41, 5.74) is 6.25. The number of aromatic nitrogens is 2. The maximum Gasteiger partial charge on any atom is 0.135 e. The highest BCUT2D eigenvalue weighted by molar-refractivity contribution is 5.60. The average Bonchev–Trinajstić information content (AvgIpc) is 2.86. The highest BCUT2D eigenvalue weighted by Crippen LogP contribution is 2.26. The van der Waals surface area contributed by atoms with E-state index in [4.69, 9.17) is 5.73 Å². The second-order valence-corrected chi connectivity index (χ2v) is 4.69. The third-order valence-electron chi connectivity index (χ3n) is 3.40. The van der Waals surface area contributed by atoms with E-state index in [1.807, 2.05) is 13.8 Å². The monoisotopic (exact) mass is 265 g/mol. The van der Waals surface area contributed by atoms with Gasteiger partial charge in [0.05, 0.1) is 23.5 Å². The largest absolute Gasteiger partial charge is 0.341 e. The van der Waals surface area contributed by atoms with Crippen LogP contribution in [0.15, 0.2) is 24.4 Å². The molecule has 1 aromatic carbocycles. The van der Waals surface area contributed by atoms with Crippen LogP contribution in [-0.4, -0.2) is 9.97 Å². The zero-order chi connectivity index (χ0) is 14.0. The van der Waals surface area contributed by atoms with Crippen LogP contribution in [0.5, 0.6) is 0 Å². The van der Waals surface area contributed by atoms with Gasteiger partial charge in [0.15, 0.2) is 0 Å². The van der Waals surface area contributed by atoms with Crippen molar-refractivity contribution in [1.82, 2.24) is 9.97 Å². The summed E-state index contributed by atoms with van der Waals surface area (Å²) >= 11 is 0. The second kappa shape index (κ2) is 5.48.